The van der Waals surface area contributed by atoms with Crippen LogP contribution in [-0.4, -0.2) is 18.0 Å². The van der Waals surface area contributed by atoms with Crippen molar-refractivity contribution in [1.29, 1.82) is 0 Å². The van der Waals surface area contributed by atoms with Gasteiger partial charge in [-0.2, -0.15) is 0 Å². The predicted molar refractivity (Wildman–Crippen MR) is 52.2 cm³/mol. The van der Waals surface area contributed by atoms with Crippen molar-refractivity contribution in [1.82, 2.24) is 10.4 Å². The van der Waals surface area contributed by atoms with E-state index in [1.165, 1.54) is 7.11 Å². The molecule has 1 aromatic rings. The Hall–Kier alpha value is -1.33. The minimum absolute atomic E-state index is 0.387. The van der Waals surface area contributed by atoms with Crippen LogP contribution in [0.2, 0.25) is 0 Å². The topological polar surface area (TPSA) is 80.1 Å². The summed E-state index contributed by atoms with van der Waals surface area (Å²) in [6.07, 6.45) is 0. The molecule has 14 heavy (non-hydrogen) atoms. The van der Waals surface area contributed by atoms with Gasteiger partial charge in [0.05, 0.1) is 5.69 Å². The lowest BCUT2D eigenvalue weighted by Gasteiger charge is -2.24. The number of hydrazine groups is 1. The van der Waals surface area contributed by atoms with Crippen molar-refractivity contribution in [2.24, 2.45) is 5.84 Å². The highest BCUT2D eigenvalue weighted by atomic mass is 16.5. The molecule has 78 valence electrons. The van der Waals surface area contributed by atoms with E-state index in [9.17, 15) is 4.79 Å². The molecule has 4 N–H and O–H groups in total. The summed E-state index contributed by atoms with van der Waals surface area (Å²) in [5.41, 5.74) is 2.66. The number of carbonyl (C=O) groups is 1. The van der Waals surface area contributed by atoms with Gasteiger partial charge < -0.3 is 9.72 Å². The number of rotatable bonds is 3. The third-order valence-electron chi connectivity index (χ3n) is 2.32. The molecule has 0 radical (unpaired) electrons. The molecule has 0 saturated heterocycles. The molecule has 1 atom stereocenters. The van der Waals surface area contributed by atoms with Crippen molar-refractivity contribution >= 4 is 5.91 Å². The number of methoxy groups -OCH3 is 1. The van der Waals surface area contributed by atoms with E-state index in [-0.39, 0.29) is 5.91 Å². The lowest BCUT2D eigenvalue weighted by Crippen LogP contribution is -2.46. The van der Waals surface area contributed by atoms with Crippen LogP contribution in [0.5, 0.6) is 0 Å². The summed E-state index contributed by atoms with van der Waals surface area (Å²) >= 11 is 0. The number of hydrogen-bond acceptors (Lipinski definition) is 3. The minimum Gasteiger partial charge on any atom is -0.362 e. The second-order valence-electron chi connectivity index (χ2n) is 3.27. The number of aryl methyl sites for hydroxylation is 1. The van der Waals surface area contributed by atoms with Crippen LogP contribution in [0.3, 0.4) is 0 Å². The number of hydrogen-bond donors (Lipinski definition) is 3. The number of ether oxygens (including phenoxy) is 1. The highest BCUT2D eigenvalue weighted by molar-refractivity contribution is 5.85. The van der Waals surface area contributed by atoms with E-state index in [4.69, 9.17) is 10.6 Å². The lowest BCUT2D eigenvalue weighted by atomic mass is 10.0. The fourth-order valence-electron chi connectivity index (χ4n) is 1.25. The molecule has 1 amide bonds. The second kappa shape index (κ2) is 3.81. The van der Waals surface area contributed by atoms with Crippen LogP contribution in [0.4, 0.5) is 0 Å². The van der Waals surface area contributed by atoms with Gasteiger partial charge in [-0.1, -0.05) is 0 Å². The lowest BCUT2D eigenvalue weighted by molar-refractivity contribution is -0.143. The van der Waals surface area contributed by atoms with Crippen LogP contribution < -0.4 is 11.3 Å². The largest absolute Gasteiger partial charge is 0.362 e. The number of nitrogens with one attached hydrogen (secondary N) is 2. The monoisotopic (exact) mass is 197 g/mol. The van der Waals surface area contributed by atoms with Crippen LogP contribution in [0, 0.1) is 6.92 Å². The molecule has 0 spiro atoms. The maximum atomic E-state index is 11.5. The quantitative estimate of drug-likeness (QED) is 0.367. The average Bonchev–Trinajstić information content (AvgIpc) is 2.62. The second-order valence-corrected chi connectivity index (χ2v) is 3.27. The van der Waals surface area contributed by atoms with Gasteiger partial charge in [-0.15, -0.1) is 0 Å². The Morgan fingerprint density at radius 2 is 2.29 bits per heavy atom. The Morgan fingerprint density at radius 3 is 2.64 bits per heavy atom. The van der Waals surface area contributed by atoms with Gasteiger partial charge in [-0.3, -0.25) is 10.2 Å². The zero-order valence-corrected chi connectivity index (χ0v) is 8.55. The summed E-state index contributed by atoms with van der Waals surface area (Å²) < 4.78 is 5.17. The van der Waals surface area contributed by atoms with Gasteiger partial charge in [-0.05, 0) is 26.0 Å². The Labute approximate surface area is 82.6 Å². The Morgan fingerprint density at radius 1 is 1.64 bits per heavy atom. The van der Waals surface area contributed by atoms with Crippen molar-refractivity contribution < 1.29 is 9.53 Å². The van der Waals surface area contributed by atoms with Gasteiger partial charge in [0, 0.05) is 12.8 Å². The molecule has 5 heteroatoms. The third kappa shape index (κ3) is 1.64. The first kappa shape index (κ1) is 10.7. The summed E-state index contributed by atoms with van der Waals surface area (Å²) in [6, 6.07) is 3.67. The fourth-order valence-corrected chi connectivity index (χ4v) is 1.25. The zero-order chi connectivity index (χ0) is 10.8. The smallest absolute Gasteiger partial charge is 0.271 e. The summed E-state index contributed by atoms with van der Waals surface area (Å²) in [5, 5.41) is 0. The molecule has 1 aromatic heterocycles. The van der Waals surface area contributed by atoms with Crippen molar-refractivity contribution in [3.8, 4) is 0 Å². The molecule has 0 aliphatic rings. The van der Waals surface area contributed by atoms with E-state index >= 15 is 0 Å². The third-order valence-corrected chi connectivity index (χ3v) is 2.32. The van der Waals surface area contributed by atoms with Gasteiger partial charge in [0.1, 0.15) is 0 Å². The van der Waals surface area contributed by atoms with E-state index < -0.39 is 5.60 Å². The molecule has 5 nitrogen and oxygen atoms in total. The predicted octanol–water partition coefficient (Wildman–Crippen LogP) is 0.175. The van der Waals surface area contributed by atoms with Crippen LogP contribution in [0.15, 0.2) is 12.1 Å². The Kier molecular flexibility index (Phi) is 2.93. The van der Waals surface area contributed by atoms with E-state index in [0.717, 1.165) is 5.69 Å². The van der Waals surface area contributed by atoms with Gasteiger partial charge in [0.25, 0.3) is 5.91 Å². The summed E-state index contributed by atoms with van der Waals surface area (Å²) in [5.74, 6) is 4.70. The molecule has 0 aromatic carbocycles. The molecular weight excluding hydrogens is 182 g/mol. The van der Waals surface area contributed by atoms with Crippen molar-refractivity contribution in [3.63, 3.8) is 0 Å². The SMILES string of the molecule is COC(C)(C(=O)NN)c1ccc(C)[nH]1. The molecule has 0 fully saturated rings. The maximum Gasteiger partial charge on any atom is 0.271 e. The molecule has 1 unspecified atom stereocenters. The number of aromatic nitrogens is 1. The molecular formula is C9H15N3O2. The van der Waals surface area contributed by atoms with E-state index in [1.54, 1.807) is 13.0 Å². The van der Waals surface area contributed by atoms with Crippen LogP contribution in [-0.2, 0) is 15.1 Å². The Bertz CT molecular complexity index is 335. The van der Waals surface area contributed by atoms with Crippen molar-refractivity contribution in [3.05, 3.63) is 23.5 Å². The van der Waals surface area contributed by atoms with Crippen molar-refractivity contribution in [2.45, 2.75) is 19.4 Å². The fraction of sp³-hybridized carbons (Fsp3) is 0.444. The van der Waals surface area contributed by atoms with Gasteiger partial charge in [0.15, 0.2) is 5.60 Å². The molecule has 0 aliphatic carbocycles. The van der Waals surface area contributed by atoms with Crippen LogP contribution in [0.25, 0.3) is 0 Å². The first-order valence-corrected chi connectivity index (χ1v) is 4.27. The number of amides is 1. The van der Waals surface area contributed by atoms with Gasteiger partial charge >= 0.3 is 0 Å². The highest BCUT2D eigenvalue weighted by Gasteiger charge is 2.35. The number of carbonyl (C=O) groups excluding carboxylic acids is 1. The summed E-state index contributed by atoms with van der Waals surface area (Å²) in [6.45, 7) is 3.56. The molecule has 0 aliphatic heterocycles. The zero-order valence-electron chi connectivity index (χ0n) is 8.55. The molecule has 1 rings (SSSR count). The number of nitrogens with two attached hydrogens (primary N) is 1. The minimum atomic E-state index is -1.07. The first-order valence-electron chi connectivity index (χ1n) is 4.27. The van der Waals surface area contributed by atoms with E-state index in [1.807, 2.05) is 13.0 Å². The molecule has 0 bridgehead atoms. The first-order chi connectivity index (χ1) is 6.54. The normalized spacial score (nSPS) is 14.9. The number of H-pyrrole nitrogens is 1. The van der Waals surface area contributed by atoms with Crippen molar-refractivity contribution in [2.75, 3.05) is 7.11 Å². The Balaban J connectivity index is 3.07. The average molecular weight is 197 g/mol. The van der Waals surface area contributed by atoms with E-state index in [0.29, 0.717) is 5.69 Å². The van der Waals surface area contributed by atoms with Gasteiger partial charge in [-0.25, -0.2) is 5.84 Å². The summed E-state index contributed by atoms with van der Waals surface area (Å²) in [7, 11) is 1.46. The molecule has 0 saturated carbocycles. The van der Waals surface area contributed by atoms with E-state index in [2.05, 4.69) is 10.4 Å². The number of aromatic amines is 1. The van der Waals surface area contributed by atoms with Crippen LogP contribution in [0.1, 0.15) is 18.3 Å². The maximum absolute atomic E-state index is 11.5. The highest BCUT2D eigenvalue weighted by Crippen LogP contribution is 2.23. The molecule has 1 heterocycles. The standard InChI is InChI=1S/C9H15N3O2/c1-6-4-5-7(11-6)9(2,14-3)8(13)12-10/h4-5,11H,10H2,1-3H3,(H,12,13). The summed E-state index contributed by atoms with van der Waals surface area (Å²) in [4.78, 5) is 14.5. The van der Waals surface area contributed by atoms with Gasteiger partial charge in [0.2, 0.25) is 0 Å². The van der Waals surface area contributed by atoms with Crippen LogP contribution >= 0.6 is 0 Å².